The van der Waals surface area contributed by atoms with E-state index in [0.29, 0.717) is 5.69 Å². The van der Waals surface area contributed by atoms with Gasteiger partial charge < -0.3 is 11.1 Å². The summed E-state index contributed by atoms with van der Waals surface area (Å²) in [6.07, 6.45) is -1.69. The minimum absolute atomic E-state index is 0.0738. The third kappa shape index (κ3) is 3.25. The first kappa shape index (κ1) is 13.4. The average Bonchev–Trinajstić information content (AvgIpc) is 2.33. The number of hydrogen-bond acceptors (Lipinski definition) is 4. The third-order valence-electron chi connectivity index (χ3n) is 2.21. The number of alkyl halides is 3. The van der Waals surface area contributed by atoms with Gasteiger partial charge in [0.2, 0.25) is 5.95 Å². The number of benzene rings is 1. The second-order valence-electron chi connectivity index (χ2n) is 3.66. The van der Waals surface area contributed by atoms with Crippen molar-refractivity contribution < 1.29 is 13.2 Å². The smallest absolute Gasteiger partial charge is 0.396 e. The Morgan fingerprint density at radius 1 is 1.16 bits per heavy atom. The highest BCUT2D eigenvalue weighted by molar-refractivity contribution is 6.33. The predicted molar refractivity (Wildman–Crippen MR) is 66.2 cm³/mol. The van der Waals surface area contributed by atoms with Gasteiger partial charge in [-0.15, -0.1) is 0 Å². The molecule has 0 aliphatic carbocycles. The Labute approximate surface area is 111 Å². The Bertz CT molecular complexity index is 583. The van der Waals surface area contributed by atoms with Crippen LogP contribution in [-0.2, 0) is 6.18 Å². The van der Waals surface area contributed by atoms with Gasteiger partial charge in [0.05, 0.1) is 34.4 Å². The maximum Gasteiger partial charge on any atom is 0.416 e. The molecular formula is C11H8ClF3N4. The van der Waals surface area contributed by atoms with E-state index in [9.17, 15) is 13.2 Å². The Morgan fingerprint density at radius 3 is 2.32 bits per heavy atom. The van der Waals surface area contributed by atoms with Crippen LogP contribution in [0.4, 0.5) is 30.5 Å². The molecule has 0 radical (unpaired) electrons. The molecule has 0 fully saturated rings. The molecule has 0 saturated heterocycles. The van der Waals surface area contributed by atoms with Gasteiger partial charge in [0, 0.05) is 0 Å². The molecule has 2 rings (SSSR count). The van der Waals surface area contributed by atoms with Crippen LogP contribution in [0.25, 0.3) is 0 Å². The van der Waals surface area contributed by atoms with Crippen molar-refractivity contribution >= 4 is 28.9 Å². The number of aromatic nitrogens is 2. The van der Waals surface area contributed by atoms with Gasteiger partial charge in [0.1, 0.15) is 0 Å². The first-order chi connectivity index (χ1) is 8.86. The molecule has 2 aromatic rings. The van der Waals surface area contributed by atoms with Gasteiger partial charge in [-0.2, -0.15) is 13.2 Å². The van der Waals surface area contributed by atoms with Crippen LogP contribution in [0, 0.1) is 0 Å². The minimum Gasteiger partial charge on any atom is -0.396 e. The first-order valence-electron chi connectivity index (χ1n) is 5.07. The molecule has 0 bridgehead atoms. The molecule has 0 atom stereocenters. The van der Waals surface area contributed by atoms with Crippen molar-refractivity contribution in [3.8, 4) is 0 Å². The largest absolute Gasteiger partial charge is 0.416 e. The van der Waals surface area contributed by atoms with E-state index in [1.807, 2.05) is 0 Å². The molecule has 0 saturated carbocycles. The average molecular weight is 289 g/mol. The summed E-state index contributed by atoms with van der Waals surface area (Å²) < 4.78 is 37.4. The van der Waals surface area contributed by atoms with Gasteiger partial charge in [-0.1, -0.05) is 11.6 Å². The summed E-state index contributed by atoms with van der Waals surface area (Å²) >= 11 is 5.77. The molecule has 8 heteroatoms. The third-order valence-corrected chi connectivity index (χ3v) is 2.53. The molecule has 3 N–H and O–H groups in total. The van der Waals surface area contributed by atoms with Gasteiger partial charge >= 0.3 is 6.18 Å². The molecule has 0 aliphatic rings. The molecule has 0 unspecified atom stereocenters. The highest BCUT2D eigenvalue weighted by Gasteiger charge is 2.30. The second-order valence-corrected chi connectivity index (χ2v) is 4.06. The van der Waals surface area contributed by atoms with Crippen LogP contribution in [-0.4, -0.2) is 9.97 Å². The zero-order chi connectivity index (χ0) is 14.0. The topological polar surface area (TPSA) is 63.8 Å². The van der Waals surface area contributed by atoms with Crippen molar-refractivity contribution in [2.75, 3.05) is 11.1 Å². The van der Waals surface area contributed by atoms with Gasteiger partial charge in [-0.25, -0.2) is 9.97 Å². The number of anilines is 3. The molecule has 19 heavy (non-hydrogen) atoms. The highest BCUT2D eigenvalue weighted by Crippen LogP contribution is 2.34. The van der Waals surface area contributed by atoms with Crippen molar-refractivity contribution in [3.05, 3.63) is 41.2 Å². The number of halogens is 4. The van der Waals surface area contributed by atoms with E-state index in [2.05, 4.69) is 15.3 Å². The number of hydrogen-bond donors (Lipinski definition) is 2. The van der Waals surface area contributed by atoms with Crippen molar-refractivity contribution in [3.63, 3.8) is 0 Å². The lowest BCUT2D eigenvalue weighted by Gasteiger charge is -2.10. The van der Waals surface area contributed by atoms with Crippen molar-refractivity contribution in [2.24, 2.45) is 0 Å². The number of rotatable bonds is 2. The van der Waals surface area contributed by atoms with Gasteiger partial charge in [0.25, 0.3) is 0 Å². The molecule has 0 aliphatic heterocycles. The van der Waals surface area contributed by atoms with Crippen LogP contribution in [0.3, 0.4) is 0 Å². The van der Waals surface area contributed by atoms with Crippen molar-refractivity contribution in [2.45, 2.75) is 6.18 Å². The van der Waals surface area contributed by atoms with Crippen molar-refractivity contribution in [1.82, 2.24) is 9.97 Å². The van der Waals surface area contributed by atoms with E-state index in [-0.39, 0.29) is 16.7 Å². The summed E-state index contributed by atoms with van der Waals surface area (Å²) in [4.78, 5) is 7.72. The van der Waals surface area contributed by atoms with E-state index >= 15 is 0 Å². The van der Waals surface area contributed by atoms with Gasteiger partial charge in [0.15, 0.2) is 0 Å². The summed E-state index contributed by atoms with van der Waals surface area (Å²) in [5.74, 6) is 0.191. The first-order valence-corrected chi connectivity index (χ1v) is 5.45. The Balaban J connectivity index is 2.24. The van der Waals surface area contributed by atoms with E-state index in [1.54, 1.807) is 0 Å². The molecule has 1 heterocycles. The maximum absolute atomic E-state index is 12.5. The normalized spacial score (nSPS) is 11.4. The number of nitrogens with one attached hydrogen (secondary N) is 1. The summed E-state index contributed by atoms with van der Waals surface area (Å²) in [6.45, 7) is 0. The van der Waals surface area contributed by atoms with Crippen LogP contribution in [0.2, 0.25) is 5.02 Å². The highest BCUT2D eigenvalue weighted by atomic mass is 35.5. The lowest BCUT2D eigenvalue weighted by molar-refractivity contribution is -0.137. The van der Waals surface area contributed by atoms with Crippen LogP contribution < -0.4 is 11.1 Å². The number of nitrogens with zero attached hydrogens (tertiary/aromatic N) is 2. The molecule has 1 aromatic heterocycles. The van der Waals surface area contributed by atoms with Crippen molar-refractivity contribution in [1.29, 1.82) is 0 Å². The summed E-state index contributed by atoms with van der Waals surface area (Å²) in [6, 6.07) is 2.97. The fourth-order valence-electron chi connectivity index (χ4n) is 1.32. The summed E-state index contributed by atoms with van der Waals surface area (Å²) in [5, 5.41) is 2.63. The molecule has 0 spiro atoms. The van der Waals surface area contributed by atoms with Crippen LogP contribution in [0.15, 0.2) is 30.6 Å². The molecule has 1 aromatic carbocycles. The number of nitrogen functional groups attached to an aromatic ring is 1. The van der Waals surface area contributed by atoms with E-state index in [4.69, 9.17) is 17.3 Å². The van der Waals surface area contributed by atoms with Crippen LogP contribution >= 0.6 is 11.6 Å². The minimum atomic E-state index is -4.43. The molecule has 4 nitrogen and oxygen atoms in total. The Morgan fingerprint density at radius 2 is 1.79 bits per heavy atom. The fourth-order valence-corrected chi connectivity index (χ4v) is 1.54. The fraction of sp³-hybridized carbons (Fsp3) is 0.0909. The SMILES string of the molecule is Nc1cnc(Nc2ccc(C(F)(F)F)cc2Cl)nc1. The summed E-state index contributed by atoms with van der Waals surface area (Å²) in [7, 11) is 0. The lowest BCUT2D eigenvalue weighted by Crippen LogP contribution is -2.05. The predicted octanol–water partition coefficient (Wildman–Crippen LogP) is 3.47. The maximum atomic E-state index is 12.5. The molecule has 100 valence electrons. The standard InChI is InChI=1S/C11H8ClF3N4/c12-8-3-6(11(13,14)15)1-2-9(8)19-10-17-4-7(16)5-18-10/h1-5H,16H2,(H,17,18,19). The summed E-state index contributed by atoms with van der Waals surface area (Å²) in [5.41, 5.74) is 5.25. The lowest BCUT2D eigenvalue weighted by atomic mass is 10.2. The Kier molecular flexibility index (Phi) is 3.48. The number of nitrogens with two attached hydrogens (primary N) is 1. The van der Waals surface area contributed by atoms with E-state index in [0.717, 1.165) is 12.1 Å². The monoisotopic (exact) mass is 288 g/mol. The van der Waals surface area contributed by atoms with Gasteiger partial charge in [-0.3, -0.25) is 0 Å². The Hall–Kier alpha value is -2.02. The quantitative estimate of drug-likeness (QED) is 0.888. The zero-order valence-corrected chi connectivity index (χ0v) is 10.1. The molecule has 0 amide bonds. The van der Waals surface area contributed by atoms with E-state index in [1.165, 1.54) is 18.5 Å². The zero-order valence-electron chi connectivity index (χ0n) is 9.37. The van der Waals surface area contributed by atoms with Gasteiger partial charge in [-0.05, 0) is 18.2 Å². The van der Waals surface area contributed by atoms with Crippen LogP contribution in [0.5, 0.6) is 0 Å². The second kappa shape index (κ2) is 4.93. The van der Waals surface area contributed by atoms with Crippen LogP contribution in [0.1, 0.15) is 5.56 Å². The van der Waals surface area contributed by atoms with E-state index < -0.39 is 11.7 Å². The molecular weight excluding hydrogens is 281 g/mol.